The molecule has 2 atom stereocenters. The van der Waals surface area contributed by atoms with E-state index in [1.165, 1.54) is 11.3 Å². The number of fused-ring (bicyclic) bond motifs is 1. The molecule has 12 heteroatoms. The molecule has 0 saturated carbocycles. The normalized spacial score (nSPS) is 13.6. The highest BCUT2D eigenvalue weighted by Crippen LogP contribution is 2.38. The molecule has 1 N–H and O–H groups in total. The summed E-state index contributed by atoms with van der Waals surface area (Å²) in [7, 11) is -3.92. The lowest BCUT2D eigenvalue weighted by Gasteiger charge is -2.13. The van der Waals surface area contributed by atoms with Crippen LogP contribution >= 0.6 is 11.3 Å². The minimum Gasteiger partial charge on any atom is -0.760 e. The molecule has 190 valence electrons. The molecular weight excluding hydrogens is 532 g/mol. The average molecular weight is 554 g/mol. The van der Waals surface area contributed by atoms with Gasteiger partial charge in [0.15, 0.2) is 15.1 Å². The Morgan fingerprint density at radius 3 is 2.54 bits per heavy atom. The van der Waals surface area contributed by atoms with Gasteiger partial charge in [-0.05, 0) is 41.3 Å². The summed E-state index contributed by atoms with van der Waals surface area (Å²) in [4.78, 5) is 4.64. The number of aromatic nitrogens is 3. The van der Waals surface area contributed by atoms with Gasteiger partial charge in [-0.3, -0.25) is 4.21 Å². The summed E-state index contributed by atoms with van der Waals surface area (Å²) < 4.78 is 57.9. The van der Waals surface area contributed by atoms with Crippen molar-refractivity contribution in [2.24, 2.45) is 0 Å². The van der Waals surface area contributed by atoms with Crippen LogP contribution in [0.5, 0.6) is 0 Å². The lowest BCUT2D eigenvalue weighted by molar-refractivity contribution is 0.440. The van der Waals surface area contributed by atoms with Gasteiger partial charge in [0, 0.05) is 11.3 Å². The van der Waals surface area contributed by atoms with E-state index in [0.717, 1.165) is 21.4 Å². The number of nitrogens with zero attached hydrogens (tertiary/aromatic N) is 3. The number of thiazole rings is 1. The lowest BCUT2D eigenvalue weighted by Crippen LogP contribution is -2.18. The zero-order valence-corrected chi connectivity index (χ0v) is 22.0. The van der Waals surface area contributed by atoms with Crippen LogP contribution in [0.2, 0.25) is 0 Å². The summed E-state index contributed by atoms with van der Waals surface area (Å²) in [6.45, 7) is 1.59. The van der Waals surface area contributed by atoms with Crippen LogP contribution in [0.15, 0.2) is 77.2 Å². The monoisotopic (exact) mass is 553 g/mol. The van der Waals surface area contributed by atoms with Crippen LogP contribution in [0.3, 0.4) is 0 Å². The molecule has 2 heterocycles. The molecule has 0 bridgehead atoms. The molecule has 9 nitrogen and oxygen atoms in total. The number of rotatable bonds is 9. The number of nitrogens with one attached hydrogen (secondary N) is 1. The molecule has 2 aromatic heterocycles. The van der Waals surface area contributed by atoms with Crippen LogP contribution in [0.25, 0.3) is 21.3 Å². The second kappa shape index (κ2) is 10.6. The number of aryl methyl sites for hydroxylation is 1. The molecule has 5 aromatic rings. The largest absolute Gasteiger partial charge is 0.760 e. The van der Waals surface area contributed by atoms with Gasteiger partial charge in [0.05, 0.1) is 22.5 Å². The number of hydrogen-bond donors (Lipinski definition) is 1. The molecule has 0 aliphatic heterocycles. The molecule has 0 spiro atoms. The Morgan fingerprint density at radius 1 is 1.03 bits per heavy atom. The van der Waals surface area contributed by atoms with E-state index >= 15 is 0 Å². The van der Waals surface area contributed by atoms with Crippen molar-refractivity contribution < 1.29 is 21.6 Å². The fourth-order valence-electron chi connectivity index (χ4n) is 3.91. The van der Waals surface area contributed by atoms with Gasteiger partial charge in [0.25, 0.3) is 0 Å². The van der Waals surface area contributed by atoms with E-state index in [0.29, 0.717) is 16.1 Å². The predicted octanol–water partition coefficient (Wildman–Crippen LogP) is 4.24. The van der Waals surface area contributed by atoms with Crippen molar-refractivity contribution in [3.63, 3.8) is 0 Å². The summed E-state index contributed by atoms with van der Waals surface area (Å²) in [6.07, 6.45) is 0. The maximum absolute atomic E-state index is 13.8. The van der Waals surface area contributed by atoms with E-state index < -0.39 is 26.4 Å². The molecule has 0 fully saturated rings. The summed E-state index contributed by atoms with van der Waals surface area (Å²) in [5, 5.41) is 6.79. The van der Waals surface area contributed by atoms with E-state index in [9.17, 15) is 17.2 Å². The van der Waals surface area contributed by atoms with E-state index in [1.807, 2.05) is 67.6 Å². The van der Waals surface area contributed by atoms with Gasteiger partial charge < -0.3 is 8.97 Å². The third-order valence-electron chi connectivity index (χ3n) is 5.76. The molecule has 2 unspecified atom stereocenters. The zero-order valence-electron chi connectivity index (χ0n) is 19.5. The van der Waals surface area contributed by atoms with E-state index in [4.69, 9.17) is 4.42 Å². The highest BCUT2D eigenvalue weighted by Gasteiger charge is 2.37. The van der Waals surface area contributed by atoms with Crippen molar-refractivity contribution in [1.29, 1.82) is 0 Å². The molecule has 0 aliphatic carbocycles. The zero-order chi connectivity index (χ0) is 26.0. The van der Waals surface area contributed by atoms with E-state index in [1.54, 1.807) is 12.1 Å². The molecule has 0 radical (unpaired) electrons. The van der Waals surface area contributed by atoms with Crippen molar-refractivity contribution in [3.8, 4) is 11.1 Å². The molecule has 37 heavy (non-hydrogen) atoms. The Hall–Kier alpha value is -3.29. The van der Waals surface area contributed by atoms with Crippen molar-refractivity contribution in [2.45, 2.75) is 24.5 Å². The average Bonchev–Trinajstić information content (AvgIpc) is 3.51. The van der Waals surface area contributed by atoms with E-state index in [2.05, 4.69) is 19.9 Å². The van der Waals surface area contributed by atoms with Gasteiger partial charge in [0.2, 0.25) is 11.8 Å². The summed E-state index contributed by atoms with van der Waals surface area (Å²) in [5.74, 6) is -0.469. The smallest absolute Gasteiger partial charge is 0.241 e. The summed E-state index contributed by atoms with van der Waals surface area (Å²) >= 11 is -1.29. The van der Waals surface area contributed by atoms with Crippen molar-refractivity contribution in [3.05, 3.63) is 101 Å². The van der Waals surface area contributed by atoms with Crippen LogP contribution in [0.1, 0.15) is 33.2 Å². The molecular formula is C25H21N4O5S3-. The van der Waals surface area contributed by atoms with Crippen LogP contribution in [0, 0.1) is 6.92 Å². The predicted molar refractivity (Wildman–Crippen MR) is 141 cm³/mol. The van der Waals surface area contributed by atoms with E-state index in [-0.39, 0.29) is 24.1 Å². The third kappa shape index (κ3) is 5.68. The summed E-state index contributed by atoms with van der Waals surface area (Å²) in [6, 6.07) is 22.9. The molecule has 0 amide bonds. The van der Waals surface area contributed by atoms with Crippen LogP contribution in [-0.4, -0.2) is 32.4 Å². The second-order valence-corrected chi connectivity index (χ2v) is 12.2. The first-order valence-corrected chi connectivity index (χ1v) is 14.8. The molecule has 5 rings (SSSR count). The standard InChI is InChI=1S/C25H22N4O5S3/c1-16-7-5-6-10-19(16)15-37(32,33)23(24-29-28-22(34-24)14-26-36(30)31)25-27-20-12-11-18(13-21(20)35-25)17-8-3-2-4-9-17/h2-13,23,26H,14-15H2,1H3,(H,30,31)/p-1. The number of sulfone groups is 1. The Balaban J connectivity index is 1.58. The van der Waals surface area contributed by atoms with Crippen molar-refractivity contribution >= 4 is 42.7 Å². The number of benzene rings is 3. The van der Waals surface area contributed by atoms with Crippen LogP contribution in [0.4, 0.5) is 0 Å². The Morgan fingerprint density at radius 2 is 1.78 bits per heavy atom. The topological polar surface area (TPSA) is 138 Å². The Bertz CT molecular complexity index is 1680. The highest BCUT2D eigenvalue weighted by atomic mass is 32.2. The molecule has 0 saturated heterocycles. The highest BCUT2D eigenvalue weighted by molar-refractivity contribution is 7.91. The lowest BCUT2D eigenvalue weighted by atomic mass is 10.1. The second-order valence-electron chi connectivity index (χ2n) is 8.30. The van der Waals surface area contributed by atoms with Gasteiger partial charge in [-0.1, -0.05) is 60.7 Å². The van der Waals surface area contributed by atoms with Gasteiger partial charge >= 0.3 is 0 Å². The van der Waals surface area contributed by atoms with Gasteiger partial charge in [-0.25, -0.2) is 18.1 Å². The van der Waals surface area contributed by atoms with Gasteiger partial charge in [-0.2, -0.15) is 0 Å². The van der Waals surface area contributed by atoms with Gasteiger partial charge in [-0.15, -0.1) is 21.5 Å². The minimum atomic E-state index is -3.92. The van der Waals surface area contributed by atoms with Crippen LogP contribution in [-0.2, 0) is 33.4 Å². The first-order chi connectivity index (χ1) is 17.8. The fraction of sp³-hybridized carbons (Fsp3) is 0.160. The van der Waals surface area contributed by atoms with Crippen molar-refractivity contribution in [1.82, 2.24) is 19.9 Å². The first kappa shape index (κ1) is 25.4. The first-order valence-electron chi connectivity index (χ1n) is 11.2. The van der Waals surface area contributed by atoms with Gasteiger partial charge in [0.1, 0.15) is 5.01 Å². The minimum absolute atomic E-state index is 0.0530. The Labute approximate surface area is 219 Å². The van der Waals surface area contributed by atoms with Crippen LogP contribution < -0.4 is 4.72 Å². The quantitative estimate of drug-likeness (QED) is 0.268. The van der Waals surface area contributed by atoms with Crippen molar-refractivity contribution in [2.75, 3.05) is 0 Å². The SMILES string of the molecule is Cc1ccccc1CS(=O)(=O)C(c1nnc(CNS(=O)[O-])o1)c1nc2ccc(-c3ccccc3)cc2s1. The molecule has 0 aliphatic rings. The fourth-order valence-corrected chi connectivity index (χ4v) is 7.41. The maximum Gasteiger partial charge on any atom is 0.241 e. The molecule has 3 aromatic carbocycles. The maximum atomic E-state index is 13.8. The summed E-state index contributed by atoms with van der Waals surface area (Å²) in [5.41, 5.74) is 4.17. The third-order valence-corrected chi connectivity index (χ3v) is 9.23. The Kier molecular flexibility index (Phi) is 7.26. The number of hydrogen-bond acceptors (Lipinski definition) is 9.